The van der Waals surface area contributed by atoms with Crippen LogP contribution >= 0.6 is 0 Å². The van der Waals surface area contributed by atoms with Gasteiger partial charge in [-0.3, -0.25) is 28.8 Å². The monoisotopic (exact) mass is 913 g/mol. The number of aliphatic carboxylic acids is 1. The maximum atomic E-state index is 14.7. The second-order valence-electron chi connectivity index (χ2n) is 16.8. The number of carbonyl (C=O) groups is 6. The van der Waals surface area contributed by atoms with Gasteiger partial charge in [-0.05, 0) is 75.9 Å². The summed E-state index contributed by atoms with van der Waals surface area (Å²) in [4.78, 5) is 82.3. The summed E-state index contributed by atoms with van der Waals surface area (Å²) >= 11 is 0. The topological polar surface area (TPSA) is 192 Å². The zero-order valence-electron chi connectivity index (χ0n) is 37.6. The van der Waals surface area contributed by atoms with Crippen LogP contribution in [0.5, 0.6) is 5.75 Å². The molecule has 0 saturated heterocycles. The molecule has 2 aliphatic rings. The Kier molecular flexibility index (Phi) is 16.8. The predicted molar refractivity (Wildman–Crippen MR) is 259 cm³/mol. The first-order chi connectivity index (χ1) is 33.1. The minimum atomic E-state index is -1.22. The first-order valence-electron chi connectivity index (χ1n) is 22.8. The Morgan fingerprint density at radius 1 is 0.544 bits per heavy atom. The average molecular weight is 914 g/mol. The van der Waals surface area contributed by atoms with Gasteiger partial charge in [-0.2, -0.15) is 0 Å². The molecule has 13 heteroatoms. The normalized spacial score (nSPS) is 18.0. The van der Waals surface area contributed by atoms with Gasteiger partial charge in [0, 0.05) is 32.2 Å². The van der Waals surface area contributed by atoms with Crippen LogP contribution in [-0.4, -0.2) is 77.9 Å². The lowest BCUT2D eigenvalue weighted by molar-refractivity contribution is -0.137. The number of aryl methyl sites for hydroxylation is 1. The van der Waals surface area contributed by atoms with Gasteiger partial charge in [0.2, 0.25) is 23.6 Å². The van der Waals surface area contributed by atoms with E-state index in [0.717, 1.165) is 38.9 Å². The highest BCUT2D eigenvalue weighted by Crippen LogP contribution is 2.22. The lowest BCUT2D eigenvalue weighted by Crippen LogP contribution is -2.59. The molecule has 0 aromatic heterocycles. The Morgan fingerprint density at radius 3 is 1.57 bits per heavy atom. The van der Waals surface area contributed by atoms with Crippen molar-refractivity contribution in [2.45, 2.75) is 69.1 Å². The van der Waals surface area contributed by atoms with Crippen LogP contribution < -0.4 is 31.3 Å². The number of carboxylic acids is 1. The fraction of sp³-hybridized carbons (Fsp3) is 0.236. The van der Waals surface area contributed by atoms with Crippen LogP contribution in [0.4, 0.5) is 0 Å². The van der Waals surface area contributed by atoms with Gasteiger partial charge < -0.3 is 36.4 Å². The average Bonchev–Trinajstić information content (AvgIpc) is 3.36. The van der Waals surface area contributed by atoms with Crippen molar-refractivity contribution in [3.8, 4) is 28.0 Å². The van der Waals surface area contributed by atoms with E-state index >= 15 is 0 Å². The van der Waals surface area contributed by atoms with E-state index in [4.69, 9.17) is 9.84 Å². The van der Waals surface area contributed by atoms with Crippen LogP contribution in [0.1, 0.15) is 41.5 Å². The number of carboxylic acid groups (broad SMARTS) is 1. The third-order valence-electron chi connectivity index (χ3n) is 11.7. The van der Waals surface area contributed by atoms with Crippen molar-refractivity contribution in [1.29, 1.82) is 0 Å². The fourth-order valence-corrected chi connectivity index (χ4v) is 7.99. The quantitative estimate of drug-likeness (QED) is 0.0567. The second kappa shape index (κ2) is 23.9. The van der Waals surface area contributed by atoms with Gasteiger partial charge in [-0.25, -0.2) is 0 Å². The summed E-state index contributed by atoms with van der Waals surface area (Å²) in [5.74, 6) is -3.66. The number of carbonyl (C=O) groups excluding carboxylic acids is 5. The summed E-state index contributed by atoms with van der Waals surface area (Å²) < 4.78 is 5.84. The molecule has 5 amide bonds. The van der Waals surface area contributed by atoms with Crippen molar-refractivity contribution in [3.05, 3.63) is 186 Å². The molecule has 6 aromatic rings. The molecule has 2 heterocycles. The summed E-state index contributed by atoms with van der Waals surface area (Å²) in [6.45, 7) is -0.359. The van der Waals surface area contributed by atoms with Gasteiger partial charge in [-0.1, -0.05) is 152 Å². The Labute approximate surface area is 395 Å². The zero-order chi connectivity index (χ0) is 47.7. The van der Waals surface area contributed by atoms with Gasteiger partial charge >= 0.3 is 5.97 Å². The summed E-state index contributed by atoms with van der Waals surface area (Å²) in [6, 6.07) is 46.5. The number of fused-ring (bicyclic) bond motifs is 16. The van der Waals surface area contributed by atoms with Crippen LogP contribution in [0.2, 0.25) is 0 Å². The molecule has 4 atom stereocenters. The molecular weight excluding hydrogens is 859 g/mol. The molecule has 68 heavy (non-hydrogen) atoms. The summed E-state index contributed by atoms with van der Waals surface area (Å²) in [7, 11) is 0. The molecule has 0 spiro atoms. The van der Waals surface area contributed by atoms with Gasteiger partial charge in [0.25, 0.3) is 5.91 Å². The maximum Gasteiger partial charge on any atom is 0.303 e. The lowest BCUT2D eigenvalue weighted by atomic mass is 9.98. The summed E-state index contributed by atoms with van der Waals surface area (Å²) in [5, 5.41) is 23.4. The third-order valence-corrected chi connectivity index (χ3v) is 11.7. The van der Waals surface area contributed by atoms with E-state index < -0.39 is 66.3 Å². The van der Waals surface area contributed by atoms with E-state index in [-0.39, 0.29) is 45.1 Å². The lowest BCUT2D eigenvalue weighted by Gasteiger charge is -2.27. The van der Waals surface area contributed by atoms with Gasteiger partial charge in [0.05, 0.1) is 0 Å². The number of nitrogens with one attached hydrogen (secondary N) is 5. The number of rotatable bonds is 14. The molecule has 0 radical (unpaired) electrons. The molecular formula is C55H55N5O8. The van der Waals surface area contributed by atoms with Crippen molar-refractivity contribution in [3.63, 3.8) is 0 Å². The molecule has 348 valence electrons. The molecule has 2 bridgehead atoms. The molecule has 0 fully saturated rings. The minimum absolute atomic E-state index is 0.0323. The number of amides is 5. The smallest absolute Gasteiger partial charge is 0.303 e. The van der Waals surface area contributed by atoms with E-state index in [9.17, 15) is 28.8 Å². The van der Waals surface area contributed by atoms with Crippen molar-refractivity contribution in [2.75, 3.05) is 13.2 Å². The Morgan fingerprint density at radius 2 is 1.03 bits per heavy atom. The molecule has 0 unspecified atom stereocenters. The first-order valence-corrected chi connectivity index (χ1v) is 22.8. The van der Waals surface area contributed by atoms with Crippen molar-refractivity contribution >= 4 is 35.5 Å². The summed E-state index contributed by atoms with van der Waals surface area (Å²) in [6.07, 6.45) is 0.727. The number of ether oxygens (including phenoxy) is 1. The number of hydrogen-bond acceptors (Lipinski definition) is 7. The minimum Gasteiger partial charge on any atom is -0.484 e. The standard InChI is InChI=1S/C55H55N5O8/c61-50-36-68-45-29-22-40(23-30-45)33-47(52(64)56-32-10-17-51(62)63)59-53(65)46(31-24-37-11-4-1-5-12-37)58-55(67)49(35-39-20-27-44(28-21-39)42-15-8-3-9-16-42)60-54(66)48(57-50)34-38-18-25-43(26-19-38)41-13-6-2-7-14-41/h1-9,11-16,18-23,25-30,46-49H,10,17,24,31-36H2,(H,56,64)(H,57,61)(H,58,67)(H,59,65)(H,60,66)(H,62,63)/t46-,47-,48-,49+/m0/s1. The molecule has 0 aliphatic carbocycles. The largest absolute Gasteiger partial charge is 0.484 e. The first kappa shape index (κ1) is 47.9. The highest BCUT2D eigenvalue weighted by atomic mass is 16.5. The number of benzene rings is 6. The van der Waals surface area contributed by atoms with Crippen LogP contribution in [0, 0.1) is 0 Å². The predicted octanol–water partition coefficient (Wildman–Crippen LogP) is 5.99. The Bertz CT molecular complexity index is 2630. The van der Waals surface area contributed by atoms with Crippen molar-refractivity contribution in [1.82, 2.24) is 26.6 Å². The van der Waals surface area contributed by atoms with E-state index in [1.807, 2.05) is 140 Å². The number of hydrogen-bond donors (Lipinski definition) is 6. The van der Waals surface area contributed by atoms with E-state index in [1.165, 1.54) is 0 Å². The van der Waals surface area contributed by atoms with Crippen LogP contribution in [-0.2, 0) is 54.5 Å². The van der Waals surface area contributed by atoms with Gasteiger partial charge in [0.1, 0.15) is 29.9 Å². The maximum absolute atomic E-state index is 14.7. The van der Waals surface area contributed by atoms with Gasteiger partial charge in [0.15, 0.2) is 6.61 Å². The summed E-state index contributed by atoms with van der Waals surface area (Å²) in [5.41, 5.74) is 7.02. The molecule has 6 N–H and O–H groups in total. The molecule has 6 aromatic carbocycles. The van der Waals surface area contributed by atoms with Gasteiger partial charge in [-0.15, -0.1) is 0 Å². The fourth-order valence-electron chi connectivity index (χ4n) is 7.99. The van der Waals surface area contributed by atoms with Crippen LogP contribution in [0.3, 0.4) is 0 Å². The molecule has 0 saturated carbocycles. The van der Waals surface area contributed by atoms with Crippen molar-refractivity contribution < 1.29 is 38.6 Å². The van der Waals surface area contributed by atoms with Crippen LogP contribution in [0.15, 0.2) is 164 Å². The molecule has 2 aliphatic heterocycles. The Hall–Kier alpha value is -8.06. The van der Waals surface area contributed by atoms with Crippen molar-refractivity contribution in [2.24, 2.45) is 0 Å². The zero-order valence-corrected chi connectivity index (χ0v) is 37.6. The van der Waals surface area contributed by atoms with E-state index in [2.05, 4.69) is 26.6 Å². The third kappa shape index (κ3) is 14.2. The Balaban J connectivity index is 1.21. The van der Waals surface area contributed by atoms with Crippen LogP contribution in [0.25, 0.3) is 22.3 Å². The molecule has 8 rings (SSSR count). The second-order valence-corrected chi connectivity index (χ2v) is 16.8. The van der Waals surface area contributed by atoms with E-state index in [0.29, 0.717) is 17.7 Å². The highest BCUT2D eigenvalue weighted by Gasteiger charge is 2.32. The SMILES string of the molecule is O=C(O)CCCNC(=O)[C@@H]1Cc2ccc(cc2)OCC(=O)N[C@@H](Cc2ccc(-c3ccccc3)cc2)C(=O)N[C@H](Cc2ccc(-c3ccccc3)cc2)C(=O)N[C@@H](CCc2ccccc2)C(=O)N1. The molecule has 13 nitrogen and oxygen atoms in total. The highest BCUT2D eigenvalue weighted by molar-refractivity contribution is 5.96. The van der Waals surface area contributed by atoms with E-state index in [1.54, 1.807) is 24.3 Å².